The van der Waals surface area contributed by atoms with E-state index >= 15 is 0 Å². The van der Waals surface area contributed by atoms with Crippen LogP contribution in [0.2, 0.25) is 0 Å². The van der Waals surface area contributed by atoms with Crippen molar-refractivity contribution in [1.82, 2.24) is 0 Å². The van der Waals surface area contributed by atoms with E-state index in [1.54, 1.807) is 0 Å². The molecule has 0 unspecified atom stereocenters. The molecule has 0 fully saturated rings. The molecule has 44 heavy (non-hydrogen) atoms. The van der Waals surface area contributed by atoms with Crippen LogP contribution in [0.1, 0.15) is 0 Å². The van der Waals surface area contributed by atoms with Gasteiger partial charge in [-0.1, -0.05) is 194 Å². The first kappa shape index (κ1) is 28.2. The number of hydrogen-bond acceptors (Lipinski definition) is 0. The zero-order chi connectivity index (χ0) is 29.6. The van der Waals surface area contributed by atoms with Crippen molar-refractivity contribution >= 4 is 47.7 Å². The van der Waals surface area contributed by atoms with Crippen LogP contribution in [0.5, 0.6) is 0 Å². The lowest BCUT2D eigenvalue weighted by Gasteiger charge is -2.23. The molecule has 7 aromatic rings. The molecule has 0 amide bonds. The van der Waals surface area contributed by atoms with Crippen molar-refractivity contribution in [2.24, 2.45) is 0 Å². The van der Waals surface area contributed by atoms with Gasteiger partial charge in [-0.2, -0.15) is 0 Å². The van der Waals surface area contributed by atoms with Gasteiger partial charge in [-0.05, 0) is 69.9 Å². The molecule has 7 aromatic carbocycles. The summed E-state index contributed by atoms with van der Waals surface area (Å²) < 4.78 is 0. The normalized spacial score (nSPS) is 11.1. The third-order valence-electron chi connectivity index (χ3n) is 7.85. The fraction of sp³-hybridized carbons (Fsp3) is 0. The second kappa shape index (κ2) is 13.4. The Balaban J connectivity index is 1.30. The maximum atomic E-state index is 2.32. The van der Waals surface area contributed by atoms with Gasteiger partial charge in [0.1, 0.15) is 0 Å². The summed E-state index contributed by atoms with van der Waals surface area (Å²) in [7, 11) is -1.41. The molecule has 0 aromatic heterocycles. The lowest BCUT2D eigenvalue weighted by atomic mass is 10.0. The Morgan fingerprint density at radius 1 is 0.227 bits per heavy atom. The first-order valence-electron chi connectivity index (χ1n) is 15.0. The quantitative estimate of drug-likeness (QED) is 0.154. The van der Waals surface area contributed by atoms with Gasteiger partial charge in [0, 0.05) is 0 Å². The largest absolute Gasteiger partial charge is 0.0622 e. The van der Waals surface area contributed by atoms with Crippen molar-refractivity contribution in [3.63, 3.8) is 0 Å². The molecule has 0 saturated carbocycles. The predicted octanol–water partition coefficient (Wildman–Crippen LogP) is 8.54. The van der Waals surface area contributed by atoms with Crippen LogP contribution >= 0.6 is 15.8 Å². The standard InChI is InChI=1S/C42H32P2/c1-5-17-35(18-6-1)43(36-19-7-2-8-20-36)41-27-15-13-25-39(41)33-29-31-34(32-30-33)40-26-14-16-28-42(40)44(37-21-9-3-10-22-37)38-23-11-4-12-24-38/h1-32H. The Morgan fingerprint density at radius 2 is 0.477 bits per heavy atom. The van der Waals surface area contributed by atoms with E-state index in [1.807, 2.05) is 0 Å². The molecule has 0 bridgehead atoms. The monoisotopic (exact) mass is 598 g/mol. The summed E-state index contributed by atoms with van der Waals surface area (Å²) >= 11 is 0. The molecule has 0 aliphatic rings. The van der Waals surface area contributed by atoms with Gasteiger partial charge in [0.15, 0.2) is 0 Å². The van der Waals surface area contributed by atoms with Crippen molar-refractivity contribution in [1.29, 1.82) is 0 Å². The molecule has 0 aliphatic heterocycles. The lowest BCUT2D eigenvalue weighted by Crippen LogP contribution is -2.22. The highest BCUT2D eigenvalue weighted by Crippen LogP contribution is 2.39. The molecule has 0 nitrogen and oxygen atoms in total. The van der Waals surface area contributed by atoms with E-state index in [0.29, 0.717) is 0 Å². The highest BCUT2D eigenvalue weighted by Gasteiger charge is 2.22. The first-order chi connectivity index (χ1) is 21.9. The van der Waals surface area contributed by atoms with Crippen LogP contribution in [0.25, 0.3) is 22.3 Å². The molecule has 0 N–H and O–H groups in total. The molecule has 0 aliphatic carbocycles. The summed E-state index contributed by atoms with van der Waals surface area (Å²) in [6, 6.07) is 70.9. The lowest BCUT2D eigenvalue weighted by molar-refractivity contribution is 1.62. The van der Waals surface area contributed by atoms with Gasteiger partial charge >= 0.3 is 0 Å². The summed E-state index contributed by atoms with van der Waals surface area (Å²) in [5, 5.41) is 8.21. The van der Waals surface area contributed by atoms with E-state index in [-0.39, 0.29) is 0 Å². The van der Waals surface area contributed by atoms with Crippen molar-refractivity contribution in [3.8, 4) is 22.3 Å². The van der Waals surface area contributed by atoms with Gasteiger partial charge in [-0.25, -0.2) is 0 Å². The predicted molar refractivity (Wildman–Crippen MR) is 195 cm³/mol. The molecule has 0 saturated heterocycles. The third kappa shape index (κ3) is 5.93. The van der Waals surface area contributed by atoms with Crippen LogP contribution in [0.15, 0.2) is 194 Å². The van der Waals surface area contributed by atoms with Crippen LogP contribution in [-0.2, 0) is 0 Å². The first-order valence-corrected chi connectivity index (χ1v) is 17.6. The Bertz CT molecular complexity index is 1710. The smallest absolute Gasteiger partial charge is 0.00726 e. The average Bonchev–Trinajstić information content (AvgIpc) is 3.11. The van der Waals surface area contributed by atoms with E-state index in [9.17, 15) is 0 Å². The molecule has 0 heterocycles. The fourth-order valence-corrected chi connectivity index (χ4v) is 10.8. The second-order valence-electron chi connectivity index (χ2n) is 10.6. The SMILES string of the molecule is c1ccc(P(c2ccccc2)c2ccccc2-c2ccc(-c3ccccc3P(c3ccccc3)c3ccccc3)cc2)cc1. The molecular weight excluding hydrogens is 566 g/mol. The van der Waals surface area contributed by atoms with Gasteiger partial charge in [0.05, 0.1) is 0 Å². The fourth-order valence-electron chi connectivity index (χ4n) is 5.82. The second-order valence-corrected chi connectivity index (χ2v) is 15.0. The molecule has 210 valence electrons. The summed E-state index contributed by atoms with van der Waals surface area (Å²) in [5.41, 5.74) is 5.08. The molecular formula is C42H32P2. The van der Waals surface area contributed by atoms with E-state index in [1.165, 1.54) is 54.1 Å². The zero-order valence-corrected chi connectivity index (χ0v) is 26.2. The minimum Gasteiger partial charge on any atom is -0.0622 e. The summed E-state index contributed by atoms with van der Waals surface area (Å²) in [6.45, 7) is 0. The van der Waals surface area contributed by atoms with Gasteiger partial charge in [-0.15, -0.1) is 0 Å². The minimum absolute atomic E-state index is 0.705. The van der Waals surface area contributed by atoms with Crippen molar-refractivity contribution < 1.29 is 0 Å². The third-order valence-corrected chi connectivity index (χ3v) is 12.9. The number of benzene rings is 7. The van der Waals surface area contributed by atoms with Gasteiger partial charge < -0.3 is 0 Å². The molecule has 2 heteroatoms. The van der Waals surface area contributed by atoms with Gasteiger partial charge in [-0.3, -0.25) is 0 Å². The average molecular weight is 599 g/mol. The zero-order valence-electron chi connectivity index (χ0n) is 24.4. The highest BCUT2D eigenvalue weighted by molar-refractivity contribution is 7.80. The Hall–Kier alpha value is -4.60. The Labute approximate surface area is 263 Å². The minimum atomic E-state index is -0.705. The van der Waals surface area contributed by atoms with Crippen molar-refractivity contribution in [2.75, 3.05) is 0 Å². The molecule has 7 rings (SSSR count). The summed E-state index contributed by atoms with van der Waals surface area (Å²) in [5.74, 6) is 0. The van der Waals surface area contributed by atoms with Gasteiger partial charge in [0.25, 0.3) is 0 Å². The highest BCUT2D eigenvalue weighted by atomic mass is 31.1. The Kier molecular flexibility index (Phi) is 8.56. The topological polar surface area (TPSA) is 0 Å². The van der Waals surface area contributed by atoms with E-state index in [0.717, 1.165) is 0 Å². The molecule has 0 atom stereocenters. The van der Waals surface area contributed by atoms with E-state index < -0.39 is 15.8 Å². The Morgan fingerprint density at radius 3 is 0.773 bits per heavy atom. The maximum absolute atomic E-state index is 2.32. The molecule has 0 spiro atoms. The van der Waals surface area contributed by atoms with E-state index in [4.69, 9.17) is 0 Å². The summed E-state index contributed by atoms with van der Waals surface area (Å²) in [6.07, 6.45) is 0. The van der Waals surface area contributed by atoms with E-state index in [2.05, 4.69) is 194 Å². The molecule has 0 radical (unpaired) electrons. The van der Waals surface area contributed by atoms with Crippen LogP contribution in [0, 0.1) is 0 Å². The maximum Gasteiger partial charge on any atom is -0.00726 e. The van der Waals surface area contributed by atoms with Crippen LogP contribution < -0.4 is 31.8 Å². The van der Waals surface area contributed by atoms with Gasteiger partial charge in [0.2, 0.25) is 0 Å². The number of rotatable bonds is 8. The number of hydrogen-bond donors (Lipinski definition) is 0. The summed E-state index contributed by atoms with van der Waals surface area (Å²) in [4.78, 5) is 0. The van der Waals surface area contributed by atoms with Crippen LogP contribution in [0.4, 0.5) is 0 Å². The van der Waals surface area contributed by atoms with Crippen LogP contribution in [0.3, 0.4) is 0 Å². The van der Waals surface area contributed by atoms with Crippen molar-refractivity contribution in [2.45, 2.75) is 0 Å². The van der Waals surface area contributed by atoms with Crippen molar-refractivity contribution in [3.05, 3.63) is 194 Å². The van der Waals surface area contributed by atoms with Crippen LogP contribution in [-0.4, -0.2) is 0 Å².